The average Bonchev–Trinajstić information content (AvgIpc) is 3.02. The largest absolute Gasteiger partial charge is 0.463 e. The van der Waals surface area contributed by atoms with E-state index < -0.39 is 60.4 Å². The van der Waals surface area contributed by atoms with Crippen LogP contribution in [0.15, 0.2) is 36.9 Å². The summed E-state index contributed by atoms with van der Waals surface area (Å²) in [5, 5.41) is 0. The van der Waals surface area contributed by atoms with Crippen LogP contribution in [0.1, 0.15) is 41.5 Å². The summed E-state index contributed by atoms with van der Waals surface area (Å²) in [4.78, 5) is 62.7. The molecule has 0 N–H and O–H groups in total. The zero-order valence-electron chi connectivity index (χ0n) is 18.9. The first-order valence-corrected chi connectivity index (χ1v) is 10.5. The van der Waals surface area contributed by atoms with E-state index in [1.54, 1.807) is 12.1 Å². The molecule has 1 fully saturated rings. The van der Waals surface area contributed by atoms with E-state index in [4.69, 9.17) is 23.7 Å². The summed E-state index contributed by atoms with van der Waals surface area (Å²) in [6.45, 7) is 6.60. The molecule has 11 heteroatoms. The second-order valence-electron chi connectivity index (χ2n) is 7.63. The van der Waals surface area contributed by atoms with Gasteiger partial charge in [0, 0.05) is 20.8 Å². The van der Waals surface area contributed by atoms with Crippen molar-refractivity contribution >= 4 is 29.7 Å². The first-order valence-electron chi connectivity index (χ1n) is 10.5. The predicted molar refractivity (Wildman–Crippen MR) is 113 cm³/mol. The van der Waals surface area contributed by atoms with Gasteiger partial charge in [-0.15, -0.1) is 6.58 Å². The first-order chi connectivity index (χ1) is 16.1. The number of hydrogen-bond donors (Lipinski definition) is 0. The highest BCUT2D eigenvalue weighted by Crippen LogP contribution is 2.35. The Labute approximate surface area is 195 Å². The van der Waals surface area contributed by atoms with Crippen LogP contribution in [0.25, 0.3) is 0 Å². The Morgan fingerprint density at radius 3 is 2.03 bits per heavy atom. The van der Waals surface area contributed by atoms with Crippen LogP contribution in [-0.2, 0) is 38.1 Å². The Hall–Kier alpha value is -3.57. The zero-order valence-corrected chi connectivity index (χ0v) is 18.9. The molecule has 34 heavy (non-hydrogen) atoms. The SMILES string of the molecule is C=CCO[C@@H]1O[C@H](COC(C)=O)[C@H](OC(C)=O)[C@H](OC(C)=O)[C@H]1N1C(=O)c2ccccc2C1=O. The van der Waals surface area contributed by atoms with Crippen LogP contribution in [-0.4, -0.2) is 78.5 Å². The molecule has 2 aliphatic heterocycles. The maximum atomic E-state index is 13.2. The fraction of sp³-hybridized carbons (Fsp3) is 0.435. The van der Waals surface area contributed by atoms with Crippen molar-refractivity contribution in [1.82, 2.24) is 4.90 Å². The van der Waals surface area contributed by atoms with Gasteiger partial charge in [-0.1, -0.05) is 18.2 Å². The molecule has 1 aromatic rings. The molecule has 5 atom stereocenters. The molecule has 0 unspecified atom stereocenters. The van der Waals surface area contributed by atoms with Crippen molar-refractivity contribution in [2.75, 3.05) is 13.2 Å². The molecule has 0 radical (unpaired) electrons. The molecule has 0 aliphatic carbocycles. The quantitative estimate of drug-likeness (QED) is 0.232. The van der Waals surface area contributed by atoms with E-state index in [0.29, 0.717) is 0 Å². The Morgan fingerprint density at radius 2 is 1.53 bits per heavy atom. The topological polar surface area (TPSA) is 135 Å². The summed E-state index contributed by atoms with van der Waals surface area (Å²) >= 11 is 0. The van der Waals surface area contributed by atoms with Crippen LogP contribution < -0.4 is 0 Å². The van der Waals surface area contributed by atoms with Gasteiger partial charge in [-0.3, -0.25) is 28.9 Å². The van der Waals surface area contributed by atoms with Gasteiger partial charge in [0.1, 0.15) is 18.8 Å². The van der Waals surface area contributed by atoms with Crippen molar-refractivity contribution in [2.45, 2.75) is 51.4 Å². The lowest BCUT2D eigenvalue weighted by Crippen LogP contribution is -2.67. The van der Waals surface area contributed by atoms with Gasteiger partial charge in [-0.2, -0.15) is 0 Å². The van der Waals surface area contributed by atoms with Crippen molar-refractivity contribution in [3.8, 4) is 0 Å². The monoisotopic (exact) mass is 475 g/mol. The molecule has 0 spiro atoms. The third kappa shape index (κ3) is 5.15. The fourth-order valence-electron chi connectivity index (χ4n) is 3.94. The number of carbonyl (C=O) groups excluding carboxylic acids is 5. The van der Waals surface area contributed by atoms with Gasteiger partial charge in [0.2, 0.25) is 0 Å². The first kappa shape index (κ1) is 25.1. The normalized spacial score (nSPS) is 26.0. The molecule has 3 rings (SSSR count). The van der Waals surface area contributed by atoms with E-state index in [9.17, 15) is 24.0 Å². The Morgan fingerprint density at radius 1 is 0.971 bits per heavy atom. The molecule has 182 valence electrons. The summed E-state index contributed by atoms with van der Waals surface area (Å²) in [5.74, 6) is -3.44. The zero-order chi connectivity index (χ0) is 25.0. The molecule has 0 saturated carbocycles. The smallest absolute Gasteiger partial charge is 0.303 e. The van der Waals surface area contributed by atoms with Crippen LogP contribution >= 0.6 is 0 Å². The van der Waals surface area contributed by atoms with Crippen LogP contribution in [0.3, 0.4) is 0 Å². The number of amides is 2. The average molecular weight is 475 g/mol. The van der Waals surface area contributed by atoms with Crippen LogP contribution in [0.4, 0.5) is 0 Å². The lowest BCUT2D eigenvalue weighted by molar-refractivity contribution is -0.283. The molecule has 0 aromatic heterocycles. The molecular weight excluding hydrogens is 450 g/mol. The maximum absolute atomic E-state index is 13.2. The number of hydrogen-bond acceptors (Lipinski definition) is 10. The lowest BCUT2D eigenvalue weighted by atomic mass is 9.94. The molecule has 2 aliphatic rings. The Balaban J connectivity index is 2.09. The number of ether oxygens (including phenoxy) is 5. The van der Waals surface area contributed by atoms with E-state index in [0.717, 1.165) is 18.7 Å². The Bertz CT molecular complexity index is 970. The van der Waals surface area contributed by atoms with Crippen molar-refractivity contribution in [1.29, 1.82) is 0 Å². The molecule has 2 heterocycles. The number of carbonyl (C=O) groups is 5. The molecule has 1 saturated heterocycles. The van der Waals surface area contributed by atoms with Crippen molar-refractivity contribution < 1.29 is 47.7 Å². The van der Waals surface area contributed by atoms with E-state index in [1.807, 2.05) is 0 Å². The molecule has 11 nitrogen and oxygen atoms in total. The molecule has 1 aromatic carbocycles. The van der Waals surface area contributed by atoms with Gasteiger partial charge in [-0.05, 0) is 12.1 Å². The third-order valence-corrected chi connectivity index (χ3v) is 5.17. The van der Waals surface area contributed by atoms with E-state index in [1.165, 1.54) is 25.1 Å². The number of imide groups is 1. The highest BCUT2D eigenvalue weighted by atomic mass is 16.7. The van der Waals surface area contributed by atoms with Gasteiger partial charge >= 0.3 is 17.9 Å². The summed E-state index contributed by atoms with van der Waals surface area (Å²) in [7, 11) is 0. The van der Waals surface area contributed by atoms with E-state index >= 15 is 0 Å². The van der Waals surface area contributed by atoms with Gasteiger partial charge in [0.25, 0.3) is 11.8 Å². The van der Waals surface area contributed by atoms with Crippen LogP contribution in [0.5, 0.6) is 0 Å². The number of benzene rings is 1. The number of nitrogens with zero attached hydrogens (tertiary/aromatic N) is 1. The number of rotatable bonds is 8. The second-order valence-corrected chi connectivity index (χ2v) is 7.63. The van der Waals surface area contributed by atoms with Crippen molar-refractivity contribution in [3.05, 3.63) is 48.0 Å². The van der Waals surface area contributed by atoms with Crippen molar-refractivity contribution in [2.24, 2.45) is 0 Å². The lowest BCUT2D eigenvalue weighted by Gasteiger charge is -2.47. The number of esters is 3. The third-order valence-electron chi connectivity index (χ3n) is 5.17. The number of fused-ring (bicyclic) bond motifs is 1. The molecular formula is C23H25NO10. The molecule has 2 amide bonds. The van der Waals surface area contributed by atoms with E-state index in [2.05, 4.69) is 6.58 Å². The summed E-state index contributed by atoms with van der Waals surface area (Å²) < 4.78 is 27.5. The van der Waals surface area contributed by atoms with E-state index in [-0.39, 0.29) is 24.3 Å². The van der Waals surface area contributed by atoms with Crippen molar-refractivity contribution in [3.63, 3.8) is 0 Å². The molecule has 0 bridgehead atoms. The maximum Gasteiger partial charge on any atom is 0.303 e. The van der Waals surface area contributed by atoms with Gasteiger partial charge in [0.05, 0.1) is 17.7 Å². The second kappa shape index (κ2) is 10.6. The van der Waals surface area contributed by atoms with Crippen LogP contribution in [0, 0.1) is 0 Å². The summed E-state index contributed by atoms with van der Waals surface area (Å²) in [5.41, 5.74) is 0.310. The minimum absolute atomic E-state index is 0.0460. The summed E-state index contributed by atoms with van der Waals surface area (Å²) in [6, 6.07) is 4.88. The van der Waals surface area contributed by atoms with Crippen LogP contribution in [0.2, 0.25) is 0 Å². The van der Waals surface area contributed by atoms with Gasteiger partial charge in [-0.25, -0.2) is 0 Å². The Kier molecular flexibility index (Phi) is 7.79. The predicted octanol–water partition coefficient (Wildman–Crippen LogP) is 1.01. The minimum atomic E-state index is -1.38. The highest BCUT2D eigenvalue weighted by Gasteiger charge is 2.57. The van der Waals surface area contributed by atoms with Gasteiger partial charge in [0.15, 0.2) is 18.5 Å². The minimum Gasteiger partial charge on any atom is -0.463 e. The summed E-state index contributed by atoms with van der Waals surface area (Å²) in [6.07, 6.45) is -3.73. The standard InChI is InChI=1S/C23H25NO10/c1-5-10-30-23-18(24-21(28)15-8-6-7-9-16(15)22(24)29)20(33-14(4)27)19(32-13(3)26)17(34-23)11-31-12(2)25/h5-9,17-20,23H,1,10-11H2,2-4H3/t17-,18-,19+,20-,23-/m1/s1. The fourth-order valence-corrected chi connectivity index (χ4v) is 3.94. The highest BCUT2D eigenvalue weighted by molar-refractivity contribution is 6.21. The van der Waals surface area contributed by atoms with Gasteiger partial charge < -0.3 is 23.7 Å².